The SMILES string of the molecule is C=CC(Oc1ccc(-c2cc(F)c(F)c(F)c2)cc1)C1CCC(CCC)CC1. The molecule has 1 nitrogen and oxygen atoms in total. The fourth-order valence-corrected chi connectivity index (χ4v) is 4.16. The summed E-state index contributed by atoms with van der Waals surface area (Å²) in [5.74, 6) is -1.85. The molecular formula is C24H27F3O. The predicted molar refractivity (Wildman–Crippen MR) is 107 cm³/mol. The Bertz CT molecular complexity index is 769. The van der Waals surface area contributed by atoms with Gasteiger partial charge in [-0.1, -0.05) is 57.4 Å². The van der Waals surface area contributed by atoms with E-state index >= 15 is 0 Å². The summed E-state index contributed by atoms with van der Waals surface area (Å²) in [5, 5.41) is 0. The van der Waals surface area contributed by atoms with Crippen LogP contribution in [0.1, 0.15) is 45.4 Å². The molecule has 0 spiro atoms. The van der Waals surface area contributed by atoms with E-state index in [9.17, 15) is 13.2 Å². The molecular weight excluding hydrogens is 361 g/mol. The topological polar surface area (TPSA) is 9.23 Å². The number of hydrogen-bond donors (Lipinski definition) is 0. The Balaban J connectivity index is 1.65. The molecule has 0 aliphatic heterocycles. The lowest BCUT2D eigenvalue weighted by Crippen LogP contribution is -2.28. The number of benzene rings is 2. The molecule has 3 rings (SSSR count). The van der Waals surface area contributed by atoms with Gasteiger partial charge in [-0.2, -0.15) is 0 Å². The molecule has 0 aromatic heterocycles. The van der Waals surface area contributed by atoms with E-state index in [4.69, 9.17) is 4.74 Å². The Morgan fingerprint density at radius 2 is 1.61 bits per heavy atom. The zero-order valence-corrected chi connectivity index (χ0v) is 16.3. The maximum Gasteiger partial charge on any atom is 0.194 e. The summed E-state index contributed by atoms with van der Waals surface area (Å²) in [5.41, 5.74) is 0.887. The zero-order chi connectivity index (χ0) is 20.1. The first-order chi connectivity index (χ1) is 13.5. The van der Waals surface area contributed by atoms with Crippen LogP contribution in [-0.2, 0) is 0 Å². The van der Waals surface area contributed by atoms with Gasteiger partial charge in [-0.25, -0.2) is 13.2 Å². The molecule has 150 valence electrons. The lowest BCUT2D eigenvalue weighted by atomic mass is 9.78. The zero-order valence-electron chi connectivity index (χ0n) is 16.3. The van der Waals surface area contributed by atoms with Gasteiger partial charge in [-0.15, -0.1) is 0 Å². The Hall–Kier alpha value is -2.23. The van der Waals surface area contributed by atoms with E-state index in [1.165, 1.54) is 25.7 Å². The summed E-state index contributed by atoms with van der Waals surface area (Å²) < 4.78 is 46.2. The number of rotatable bonds is 7. The average molecular weight is 388 g/mol. The van der Waals surface area contributed by atoms with Crippen molar-refractivity contribution in [3.05, 3.63) is 66.5 Å². The summed E-state index contributed by atoms with van der Waals surface area (Å²) in [6, 6.07) is 8.98. The summed E-state index contributed by atoms with van der Waals surface area (Å²) in [6.07, 6.45) is 9.14. The first kappa shape index (κ1) is 20.5. The van der Waals surface area contributed by atoms with Crippen molar-refractivity contribution >= 4 is 0 Å². The van der Waals surface area contributed by atoms with E-state index in [2.05, 4.69) is 13.5 Å². The minimum Gasteiger partial charge on any atom is -0.486 e. The second kappa shape index (κ2) is 9.31. The van der Waals surface area contributed by atoms with Crippen LogP contribution in [0.15, 0.2) is 49.1 Å². The molecule has 0 saturated heterocycles. The molecule has 28 heavy (non-hydrogen) atoms. The van der Waals surface area contributed by atoms with Crippen LogP contribution in [0.3, 0.4) is 0 Å². The molecule has 0 amide bonds. The highest BCUT2D eigenvalue weighted by Crippen LogP contribution is 2.35. The monoisotopic (exact) mass is 388 g/mol. The van der Waals surface area contributed by atoms with Gasteiger partial charge in [0.05, 0.1) is 0 Å². The molecule has 2 aromatic rings. The summed E-state index contributed by atoms with van der Waals surface area (Å²) >= 11 is 0. The van der Waals surface area contributed by atoms with Crippen LogP contribution < -0.4 is 4.74 Å². The fourth-order valence-electron chi connectivity index (χ4n) is 4.16. The molecule has 2 aromatic carbocycles. The van der Waals surface area contributed by atoms with Crippen LogP contribution in [0, 0.1) is 29.3 Å². The third-order valence-corrected chi connectivity index (χ3v) is 5.73. The van der Waals surface area contributed by atoms with Crippen LogP contribution in [0.4, 0.5) is 13.2 Å². The molecule has 1 atom stereocenters. The second-order valence-corrected chi connectivity index (χ2v) is 7.67. The van der Waals surface area contributed by atoms with Gasteiger partial charge in [0.2, 0.25) is 0 Å². The predicted octanol–water partition coefficient (Wildman–Crippen LogP) is 7.31. The van der Waals surface area contributed by atoms with Gasteiger partial charge in [0.1, 0.15) is 11.9 Å². The Kier molecular flexibility index (Phi) is 6.82. The molecule has 1 fully saturated rings. The van der Waals surface area contributed by atoms with E-state index in [1.807, 2.05) is 6.08 Å². The maximum atomic E-state index is 13.5. The van der Waals surface area contributed by atoms with Crippen molar-refractivity contribution in [1.82, 2.24) is 0 Å². The van der Waals surface area contributed by atoms with Crippen LogP contribution in [0.25, 0.3) is 11.1 Å². The minimum absolute atomic E-state index is 0.0471. The molecule has 0 bridgehead atoms. The molecule has 1 aliphatic carbocycles. The quantitative estimate of drug-likeness (QED) is 0.357. The molecule has 1 unspecified atom stereocenters. The van der Waals surface area contributed by atoms with E-state index in [1.54, 1.807) is 24.3 Å². The Morgan fingerprint density at radius 3 is 2.14 bits per heavy atom. The average Bonchev–Trinajstić information content (AvgIpc) is 2.71. The summed E-state index contributed by atoms with van der Waals surface area (Å²) in [6.45, 7) is 6.17. The third-order valence-electron chi connectivity index (χ3n) is 5.73. The van der Waals surface area contributed by atoms with Crippen LogP contribution in [0.2, 0.25) is 0 Å². The number of ether oxygens (including phenoxy) is 1. The minimum atomic E-state index is -1.45. The summed E-state index contributed by atoms with van der Waals surface area (Å²) in [7, 11) is 0. The van der Waals surface area contributed by atoms with Crippen molar-refractivity contribution in [2.45, 2.75) is 51.6 Å². The molecule has 1 saturated carbocycles. The number of halogens is 3. The van der Waals surface area contributed by atoms with E-state index in [-0.39, 0.29) is 11.7 Å². The normalized spacial score (nSPS) is 20.6. The lowest BCUT2D eigenvalue weighted by Gasteiger charge is -2.32. The molecule has 1 aliphatic rings. The highest BCUT2D eigenvalue weighted by molar-refractivity contribution is 5.64. The van der Waals surface area contributed by atoms with Crippen molar-refractivity contribution < 1.29 is 17.9 Å². The van der Waals surface area contributed by atoms with Crippen LogP contribution >= 0.6 is 0 Å². The van der Waals surface area contributed by atoms with E-state index < -0.39 is 17.5 Å². The van der Waals surface area contributed by atoms with Gasteiger partial charge in [0.25, 0.3) is 0 Å². The van der Waals surface area contributed by atoms with Gasteiger partial charge in [-0.05, 0) is 60.1 Å². The highest BCUT2D eigenvalue weighted by Gasteiger charge is 2.27. The second-order valence-electron chi connectivity index (χ2n) is 7.67. The van der Waals surface area contributed by atoms with Crippen LogP contribution in [-0.4, -0.2) is 6.10 Å². The third kappa shape index (κ3) is 4.78. The van der Waals surface area contributed by atoms with E-state index in [0.717, 1.165) is 30.9 Å². The van der Waals surface area contributed by atoms with Gasteiger partial charge >= 0.3 is 0 Å². The van der Waals surface area contributed by atoms with Crippen molar-refractivity contribution in [3.8, 4) is 16.9 Å². The van der Waals surface area contributed by atoms with Gasteiger partial charge in [-0.3, -0.25) is 0 Å². The van der Waals surface area contributed by atoms with Crippen LogP contribution in [0.5, 0.6) is 5.75 Å². The van der Waals surface area contributed by atoms with Gasteiger partial charge in [0.15, 0.2) is 17.5 Å². The van der Waals surface area contributed by atoms with Gasteiger partial charge < -0.3 is 4.74 Å². The smallest absolute Gasteiger partial charge is 0.194 e. The summed E-state index contributed by atoms with van der Waals surface area (Å²) in [4.78, 5) is 0. The fraction of sp³-hybridized carbons (Fsp3) is 0.417. The van der Waals surface area contributed by atoms with E-state index in [0.29, 0.717) is 17.2 Å². The highest BCUT2D eigenvalue weighted by atomic mass is 19.2. The van der Waals surface area contributed by atoms with Crippen molar-refractivity contribution in [2.24, 2.45) is 11.8 Å². The maximum absolute atomic E-state index is 13.5. The standard InChI is InChI=1S/C24H27F3O/c1-3-5-16-6-8-18(9-7-16)23(4-2)28-20-12-10-17(11-13-20)19-14-21(25)24(27)22(26)15-19/h4,10-16,18,23H,2-3,5-9H2,1H3. The first-order valence-electron chi connectivity index (χ1n) is 10.1. The first-order valence-corrected chi connectivity index (χ1v) is 10.1. The van der Waals surface area contributed by atoms with Crippen molar-refractivity contribution in [1.29, 1.82) is 0 Å². The molecule has 4 heteroatoms. The molecule has 0 N–H and O–H groups in total. The number of hydrogen-bond acceptors (Lipinski definition) is 1. The Morgan fingerprint density at radius 1 is 1.00 bits per heavy atom. The van der Waals surface area contributed by atoms with Crippen molar-refractivity contribution in [3.63, 3.8) is 0 Å². The van der Waals surface area contributed by atoms with Crippen molar-refractivity contribution in [2.75, 3.05) is 0 Å². The van der Waals surface area contributed by atoms with Gasteiger partial charge in [0, 0.05) is 0 Å². The Labute approximate surface area is 165 Å². The lowest BCUT2D eigenvalue weighted by molar-refractivity contribution is 0.127. The largest absolute Gasteiger partial charge is 0.486 e. The molecule has 0 heterocycles. The molecule has 0 radical (unpaired) electrons.